The van der Waals surface area contributed by atoms with Crippen molar-refractivity contribution in [1.82, 2.24) is 15.3 Å². The Morgan fingerprint density at radius 2 is 1.67 bits per heavy atom. The third kappa shape index (κ3) is 7.16. The minimum Gasteiger partial charge on any atom is -0.322 e. The monoisotopic (exact) mass is 523 g/mol. The van der Waals surface area contributed by atoms with Crippen molar-refractivity contribution in [3.63, 3.8) is 0 Å². The van der Waals surface area contributed by atoms with Crippen LogP contribution in [-0.4, -0.2) is 46.8 Å². The highest BCUT2D eigenvalue weighted by Crippen LogP contribution is 2.38. The maximum atomic E-state index is 13.4. The number of benzene rings is 1. The summed E-state index contributed by atoms with van der Waals surface area (Å²) < 4.78 is 0. The topological polar surface area (TPSA) is 110 Å². The Morgan fingerprint density at radius 3 is 2.31 bits per heavy atom. The largest absolute Gasteiger partial charge is 0.322 e. The summed E-state index contributed by atoms with van der Waals surface area (Å²) in [5.41, 5.74) is 9.56. The molecule has 0 aliphatic rings. The van der Waals surface area contributed by atoms with Gasteiger partial charge in [0.15, 0.2) is 10.7 Å². The number of carbonyl (C=O) groups is 2. The molecule has 190 valence electrons. The molecular weight excluding hydrogens is 490 g/mol. The summed E-state index contributed by atoms with van der Waals surface area (Å²) in [6.45, 7) is 7.21. The molecule has 3 aromatic rings. The lowest BCUT2D eigenvalue weighted by atomic mass is 9.87. The lowest BCUT2D eigenvalue weighted by Crippen LogP contribution is -2.46. The van der Waals surface area contributed by atoms with Gasteiger partial charge in [0, 0.05) is 36.6 Å². The van der Waals surface area contributed by atoms with Crippen LogP contribution in [0.2, 0.25) is 0 Å². The minimum absolute atomic E-state index is 0.0177. The van der Waals surface area contributed by atoms with Crippen LogP contribution in [0.5, 0.6) is 0 Å². The fourth-order valence-corrected chi connectivity index (χ4v) is 4.91. The normalized spacial score (nSPS) is 13.1. The molecule has 0 fully saturated rings. The summed E-state index contributed by atoms with van der Waals surface area (Å²) in [5.74, 6) is 0.348. The van der Waals surface area contributed by atoms with Gasteiger partial charge in [0.05, 0.1) is 12.1 Å². The Hall–Kier alpha value is -2.72. The first-order chi connectivity index (χ1) is 17.1. The Labute approximate surface area is 221 Å². The van der Waals surface area contributed by atoms with Gasteiger partial charge < -0.3 is 16.4 Å². The van der Waals surface area contributed by atoms with Gasteiger partial charge in [-0.3, -0.25) is 14.6 Å². The van der Waals surface area contributed by atoms with Crippen molar-refractivity contribution in [3.8, 4) is 0 Å². The van der Waals surface area contributed by atoms with Gasteiger partial charge in [-0.2, -0.15) is 11.8 Å². The number of aromatic nitrogens is 2. The molecule has 3 rings (SSSR count). The number of pyridine rings is 2. The van der Waals surface area contributed by atoms with Gasteiger partial charge in [-0.1, -0.05) is 44.7 Å². The summed E-state index contributed by atoms with van der Waals surface area (Å²) in [6, 6.07) is 14.6. The van der Waals surface area contributed by atoms with E-state index in [2.05, 4.69) is 41.4 Å². The van der Waals surface area contributed by atoms with E-state index in [1.54, 1.807) is 54.6 Å². The Balaban J connectivity index is 1.86. The van der Waals surface area contributed by atoms with Crippen LogP contribution in [0.3, 0.4) is 0 Å². The van der Waals surface area contributed by atoms with Crippen LogP contribution in [-0.2, 0) is 15.1 Å². The van der Waals surface area contributed by atoms with E-state index in [0.29, 0.717) is 28.4 Å². The van der Waals surface area contributed by atoms with Crippen LogP contribution < -0.4 is 16.4 Å². The SMILES string of the molecule is CSCCNCC(=O)C(N)(Sc1ncccc1C(=O)Nc1ccc(C(C)(C)C)cc1)c1ccncc1. The molecule has 2 heterocycles. The molecule has 2 aromatic heterocycles. The molecule has 1 unspecified atom stereocenters. The van der Waals surface area contributed by atoms with Crippen molar-refractivity contribution >= 4 is 40.9 Å². The molecule has 0 aliphatic carbocycles. The first-order valence-corrected chi connectivity index (χ1v) is 13.8. The smallest absolute Gasteiger partial charge is 0.258 e. The van der Waals surface area contributed by atoms with E-state index in [1.165, 1.54) is 5.56 Å². The van der Waals surface area contributed by atoms with Crippen molar-refractivity contribution in [2.24, 2.45) is 5.73 Å². The summed E-state index contributed by atoms with van der Waals surface area (Å²) in [6.07, 6.45) is 6.79. The number of nitrogens with one attached hydrogen (secondary N) is 2. The number of amides is 1. The van der Waals surface area contributed by atoms with Gasteiger partial charge in [0.25, 0.3) is 5.91 Å². The van der Waals surface area contributed by atoms with Crippen LogP contribution in [0.15, 0.2) is 72.1 Å². The standard InChI is InChI=1S/C27H33N5O2S2/c1-26(2,3)19-7-9-21(10-8-19)32-24(34)22-6-5-13-31-25(22)36-27(28,20-11-14-29-15-12-20)23(33)18-30-16-17-35-4/h5-15,30H,16-18,28H2,1-4H3,(H,32,34). The minimum atomic E-state index is -1.45. The average Bonchev–Trinajstić information content (AvgIpc) is 2.87. The summed E-state index contributed by atoms with van der Waals surface area (Å²) in [5, 5.41) is 6.46. The maximum Gasteiger partial charge on any atom is 0.258 e. The number of nitrogens with two attached hydrogens (primary N) is 1. The third-order valence-corrected chi connectivity index (χ3v) is 7.49. The van der Waals surface area contributed by atoms with Crippen LogP contribution in [0.25, 0.3) is 0 Å². The molecular formula is C27H33N5O2S2. The lowest BCUT2D eigenvalue weighted by molar-refractivity contribution is -0.120. The Kier molecular flexibility index (Phi) is 9.67. The van der Waals surface area contributed by atoms with Gasteiger partial charge in [0.2, 0.25) is 0 Å². The van der Waals surface area contributed by atoms with Crippen LogP contribution in [0.1, 0.15) is 42.3 Å². The molecule has 4 N–H and O–H groups in total. The summed E-state index contributed by atoms with van der Waals surface area (Å²) in [7, 11) is 0. The number of hydrogen-bond donors (Lipinski definition) is 3. The lowest BCUT2D eigenvalue weighted by Gasteiger charge is -2.28. The van der Waals surface area contributed by atoms with E-state index in [0.717, 1.165) is 17.5 Å². The van der Waals surface area contributed by atoms with Crippen LogP contribution >= 0.6 is 23.5 Å². The zero-order valence-electron chi connectivity index (χ0n) is 21.1. The molecule has 0 radical (unpaired) electrons. The van der Waals surface area contributed by atoms with E-state index in [1.807, 2.05) is 30.5 Å². The van der Waals surface area contributed by atoms with Crippen molar-refractivity contribution in [1.29, 1.82) is 0 Å². The molecule has 36 heavy (non-hydrogen) atoms. The number of Topliss-reactive ketones (excluding diaryl/α,β-unsaturated/α-hetero) is 1. The van der Waals surface area contributed by atoms with E-state index in [4.69, 9.17) is 5.73 Å². The quantitative estimate of drug-likeness (QED) is 0.192. The number of rotatable bonds is 11. The fourth-order valence-electron chi connectivity index (χ4n) is 3.43. The Bertz CT molecular complexity index is 1170. The molecule has 1 amide bonds. The van der Waals surface area contributed by atoms with Gasteiger partial charge in [-0.25, -0.2) is 4.98 Å². The molecule has 0 bridgehead atoms. The molecule has 0 saturated carbocycles. The zero-order valence-corrected chi connectivity index (χ0v) is 22.7. The van der Waals surface area contributed by atoms with E-state index >= 15 is 0 Å². The maximum absolute atomic E-state index is 13.4. The fraction of sp³-hybridized carbons (Fsp3) is 0.333. The highest BCUT2D eigenvalue weighted by molar-refractivity contribution is 8.01. The molecule has 9 heteroatoms. The zero-order chi connectivity index (χ0) is 26.2. The first-order valence-electron chi connectivity index (χ1n) is 11.6. The second-order valence-corrected chi connectivity index (χ2v) is 11.5. The molecule has 1 atom stereocenters. The summed E-state index contributed by atoms with van der Waals surface area (Å²) in [4.78, 5) is 33.6. The first kappa shape index (κ1) is 27.9. The second-order valence-electron chi connectivity index (χ2n) is 9.30. The third-order valence-electron chi connectivity index (χ3n) is 5.57. The van der Waals surface area contributed by atoms with Gasteiger partial charge in [-0.05, 0) is 59.2 Å². The van der Waals surface area contributed by atoms with E-state index in [9.17, 15) is 9.59 Å². The number of carbonyl (C=O) groups excluding carboxylic acids is 2. The Morgan fingerprint density at radius 1 is 0.972 bits per heavy atom. The van der Waals surface area contributed by atoms with Gasteiger partial charge in [0.1, 0.15) is 5.03 Å². The highest BCUT2D eigenvalue weighted by atomic mass is 32.2. The van der Waals surface area contributed by atoms with Crippen molar-refractivity contribution in [3.05, 3.63) is 83.8 Å². The highest BCUT2D eigenvalue weighted by Gasteiger charge is 2.38. The van der Waals surface area contributed by atoms with Gasteiger partial charge in [-0.15, -0.1) is 0 Å². The van der Waals surface area contributed by atoms with Gasteiger partial charge >= 0.3 is 0 Å². The van der Waals surface area contributed by atoms with Crippen LogP contribution in [0.4, 0.5) is 5.69 Å². The molecule has 0 saturated heterocycles. The molecule has 0 spiro atoms. The van der Waals surface area contributed by atoms with Crippen LogP contribution in [0, 0.1) is 0 Å². The number of ketones is 1. The van der Waals surface area contributed by atoms with Crippen molar-refractivity contribution in [2.45, 2.75) is 36.1 Å². The predicted molar refractivity (Wildman–Crippen MR) is 150 cm³/mol. The van der Waals surface area contributed by atoms with E-state index in [-0.39, 0.29) is 23.7 Å². The van der Waals surface area contributed by atoms with E-state index < -0.39 is 4.87 Å². The number of anilines is 1. The molecule has 0 aliphatic heterocycles. The predicted octanol–water partition coefficient (Wildman–Crippen LogP) is 4.45. The molecule has 1 aromatic carbocycles. The number of thioether (sulfide) groups is 2. The average molecular weight is 524 g/mol. The second kappa shape index (κ2) is 12.5. The van der Waals surface area contributed by atoms with Crippen molar-refractivity contribution < 1.29 is 9.59 Å². The molecule has 7 nitrogen and oxygen atoms in total. The van der Waals surface area contributed by atoms with Crippen molar-refractivity contribution in [2.75, 3.05) is 30.4 Å². The summed E-state index contributed by atoms with van der Waals surface area (Å²) >= 11 is 2.77. The number of nitrogens with zero attached hydrogens (tertiary/aromatic N) is 2. The number of hydrogen-bond acceptors (Lipinski definition) is 8.